The van der Waals surface area contributed by atoms with Crippen molar-refractivity contribution in [1.29, 1.82) is 0 Å². The second-order valence-corrected chi connectivity index (χ2v) is 10.3. The molecule has 36 heavy (non-hydrogen) atoms. The van der Waals surface area contributed by atoms with Gasteiger partial charge in [0.25, 0.3) is 15.9 Å². The van der Waals surface area contributed by atoms with Crippen LogP contribution in [0.15, 0.2) is 70.7 Å². The van der Waals surface area contributed by atoms with Crippen LogP contribution in [0.1, 0.15) is 29.2 Å². The van der Waals surface area contributed by atoms with E-state index in [0.717, 1.165) is 21.0 Å². The fraction of sp³-hybridized carbons (Fsp3) is 0.259. The molecule has 3 aromatic rings. The summed E-state index contributed by atoms with van der Waals surface area (Å²) in [5, 5.41) is 4.17. The van der Waals surface area contributed by atoms with Crippen LogP contribution in [0.4, 0.5) is 5.69 Å². The van der Waals surface area contributed by atoms with E-state index in [1.54, 1.807) is 56.5 Å². The molecule has 0 aliphatic carbocycles. The first kappa shape index (κ1) is 26.7. The highest BCUT2D eigenvalue weighted by atomic mass is 32.2. The van der Waals surface area contributed by atoms with Crippen LogP contribution in [-0.2, 0) is 14.8 Å². The lowest BCUT2D eigenvalue weighted by Gasteiger charge is -2.24. The quantitative estimate of drug-likeness (QED) is 0.341. The van der Waals surface area contributed by atoms with Gasteiger partial charge in [-0.3, -0.25) is 9.10 Å². The minimum Gasteiger partial charge on any atom is -0.493 e. The van der Waals surface area contributed by atoms with E-state index in [9.17, 15) is 13.2 Å². The molecule has 0 spiro atoms. The monoisotopic (exact) mass is 509 g/mol. The maximum absolute atomic E-state index is 13.6. The highest BCUT2D eigenvalue weighted by Gasteiger charge is 2.27. The molecular weight excluding hydrogens is 478 g/mol. The smallest absolute Gasteiger partial charge is 0.264 e. The summed E-state index contributed by atoms with van der Waals surface area (Å²) >= 11 is 0. The number of nitrogens with one attached hydrogen (secondary N) is 1. The predicted molar refractivity (Wildman–Crippen MR) is 142 cm³/mol. The van der Waals surface area contributed by atoms with Crippen molar-refractivity contribution in [3.63, 3.8) is 0 Å². The first-order valence-corrected chi connectivity index (χ1v) is 12.7. The number of rotatable bonds is 9. The lowest BCUT2D eigenvalue weighted by atomic mass is 10.1. The minimum absolute atomic E-state index is 0.102. The largest absolute Gasteiger partial charge is 0.493 e. The second-order valence-electron chi connectivity index (χ2n) is 8.47. The van der Waals surface area contributed by atoms with E-state index in [4.69, 9.17) is 9.47 Å². The SMILES string of the molecule is COc1ccc(/C(C)=N\NC(=O)CN(c2cc(C)cc(C)c2)S(=O)(=O)c2ccc(C)cc2)cc1OC. The molecule has 1 N–H and O–H groups in total. The molecular formula is C27H31N3O5S. The standard InChI is InChI=1S/C27H31N3O5S/c1-18-7-10-24(11-8-18)36(32,33)30(23-14-19(2)13-20(3)15-23)17-27(31)29-28-21(4)22-9-12-25(34-5)26(16-22)35-6/h7-16H,17H2,1-6H3,(H,29,31)/b28-21-. The van der Waals surface area contributed by atoms with Crippen LogP contribution in [-0.4, -0.2) is 40.8 Å². The first-order valence-electron chi connectivity index (χ1n) is 11.3. The zero-order valence-electron chi connectivity index (χ0n) is 21.3. The van der Waals surface area contributed by atoms with Gasteiger partial charge in [-0.15, -0.1) is 0 Å². The summed E-state index contributed by atoms with van der Waals surface area (Å²) in [5.41, 5.74) is 6.82. The Morgan fingerprint density at radius 2 is 1.47 bits per heavy atom. The number of benzene rings is 3. The van der Waals surface area contributed by atoms with E-state index < -0.39 is 22.5 Å². The molecule has 0 unspecified atom stereocenters. The maximum atomic E-state index is 13.6. The molecule has 0 fully saturated rings. The lowest BCUT2D eigenvalue weighted by molar-refractivity contribution is -0.119. The van der Waals surface area contributed by atoms with Crippen molar-refractivity contribution in [3.8, 4) is 11.5 Å². The van der Waals surface area contributed by atoms with Gasteiger partial charge in [0, 0.05) is 5.56 Å². The van der Waals surface area contributed by atoms with E-state index in [-0.39, 0.29) is 4.90 Å². The average molecular weight is 510 g/mol. The minimum atomic E-state index is -4.01. The van der Waals surface area contributed by atoms with Gasteiger partial charge in [0.05, 0.1) is 30.5 Å². The van der Waals surface area contributed by atoms with Crippen molar-refractivity contribution in [2.75, 3.05) is 25.1 Å². The van der Waals surface area contributed by atoms with Gasteiger partial charge in [-0.1, -0.05) is 23.8 Å². The summed E-state index contributed by atoms with van der Waals surface area (Å²) in [4.78, 5) is 13.0. The van der Waals surface area contributed by atoms with Gasteiger partial charge >= 0.3 is 0 Å². The van der Waals surface area contributed by atoms with Gasteiger partial charge in [-0.25, -0.2) is 13.8 Å². The number of carbonyl (C=O) groups is 1. The molecule has 0 heterocycles. The van der Waals surface area contributed by atoms with E-state index in [0.29, 0.717) is 28.5 Å². The third-order valence-corrected chi connectivity index (χ3v) is 7.33. The first-order chi connectivity index (χ1) is 17.0. The molecule has 3 aromatic carbocycles. The number of sulfonamides is 1. The van der Waals surface area contributed by atoms with Crippen molar-refractivity contribution < 1.29 is 22.7 Å². The lowest BCUT2D eigenvalue weighted by Crippen LogP contribution is -2.39. The van der Waals surface area contributed by atoms with Gasteiger partial charge in [-0.2, -0.15) is 5.10 Å². The van der Waals surface area contributed by atoms with E-state index in [2.05, 4.69) is 10.5 Å². The summed E-state index contributed by atoms with van der Waals surface area (Å²) < 4.78 is 38.8. The third kappa shape index (κ3) is 6.23. The molecule has 0 aromatic heterocycles. The summed E-state index contributed by atoms with van der Waals surface area (Å²) in [7, 11) is -0.933. The number of hydrogen-bond acceptors (Lipinski definition) is 6. The number of amides is 1. The van der Waals surface area contributed by atoms with Crippen molar-refractivity contribution in [3.05, 3.63) is 82.9 Å². The van der Waals surface area contributed by atoms with Crippen molar-refractivity contribution >= 4 is 27.3 Å². The third-order valence-electron chi connectivity index (χ3n) is 5.54. The van der Waals surface area contributed by atoms with Crippen molar-refractivity contribution in [2.45, 2.75) is 32.6 Å². The van der Waals surface area contributed by atoms with Crippen LogP contribution in [0, 0.1) is 20.8 Å². The van der Waals surface area contributed by atoms with Gasteiger partial charge in [-0.05, 0) is 81.3 Å². The van der Waals surface area contributed by atoms with Gasteiger partial charge in [0.2, 0.25) is 0 Å². The van der Waals surface area contributed by atoms with E-state index in [1.807, 2.05) is 26.8 Å². The van der Waals surface area contributed by atoms with Crippen LogP contribution in [0.5, 0.6) is 11.5 Å². The number of carbonyl (C=O) groups excluding carboxylic acids is 1. The number of nitrogens with zero attached hydrogens (tertiary/aromatic N) is 2. The molecule has 8 nitrogen and oxygen atoms in total. The topological polar surface area (TPSA) is 97.3 Å². The zero-order valence-corrected chi connectivity index (χ0v) is 22.1. The van der Waals surface area contributed by atoms with Gasteiger partial charge in [0.15, 0.2) is 11.5 Å². The molecule has 0 bridgehead atoms. The summed E-state index contributed by atoms with van der Waals surface area (Å²) in [6.07, 6.45) is 0. The van der Waals surface area contributed by atoms with E-state index in [1.165, 1.54) is 19.2 Å². The molecule has 0 aliphatic heterocycles. The molecule has 0 atom stereocenters. The Balaban J connectivity index is 1.90. The molecule has 9 heteroatoms. The van der Waals surface area contributed by atoms with Crippen molar-refractivity contribution in [2.24, 2.45) is 5.10 Å². The molecule has 0 aliphatic rings. The Morgan fingerprint density at radius 3 is 2.06 bits per heavy atom. The molecule has 3 rings (SSSR count). The Morgan fingerprint density at radius 1 is 0.861 bits per heavy atom. The van der Waals surface area contributed by atoms with Crippen LogP contribution in [0.3, 0.4) is 0 Å². The normalized spacial score (nSPS) is 11.7. The Labute approximate surface area is 212 Å². The predicted octanol–water partition coefficient (Wildman–Crippen LogP) is 4.36. The zero-order chi connectivity index (χ0) is 26.5. The Hall–Kier alpha value is -3.85. The number of anilines is 1. The van der Waals surface area contributed by atoms with E-state index >= 15 is 0 Å². The van der Waals surface area contributed by atoms with Crippen LogP contribution in [0.25, 0.3) is 0 Å². The van der Waals surface area contributed by atoms with Crippen LogP contribution >= 0.6 is 0 Å². The number of hydrazone groups is 1. The summed E-state index contributed by atoms with van der Waals surface area (Å²) in [6.45, 7) is 6.92. The van der Waals surface area contributed by atoms with Crippen molar-refractivity contribution in [1.82, 2.24) is 5.43 Å². The molecule has 190 valence electrons. The number of hydrogen-bond donors (Lipinski definition) is 1. The molecule has 1 amide bonds. The Kier molecular flexibility index (Phi) is 8.37. The summed E-state index contributed by atoms with van der Waals surface area (Å²) in [6, 6.07) is 17.2. The van der Waals surface area contributed by atoms with Crippen LogP contribution in [0.2, 0.25) is 0 Å². The molecule has 0 saturated heterocycles. The van der Waals surface area contributed by atoms with Crippen LogP contribution < -0.4 is 19.2 Å². The van der Waals surface area contributed by atoms with Gasteiger partial charge in [0.1, 0.15) is 6.54 Å². The molecule has 0 saturated carbocycles. The highest BCUT2D eigenvalue weighted by molar-refractivity contribution is 7.92. The number of methoxy groups -OCH3 is 2. The second kappa shape index (κ2) is 11.3. The number of aryl methyl sites for hydroxylation is 3. The maximum Gasteiger partial charge on any atom is 0.264 e. The fourth-order valence-electron chi connectivity index (χ4n) is 3.68. The average Bonchev–Trinajstić information content (AvgIpc) is 2.84. The number of ether oxygens (including phenoxy) is 2. The Bertz CT molecular complexity index is 1360. The highest BCUT2D eigenvalue weighted by Crippen LogP contribution is 2.28. The summed E-state index contributed by atoms with van der Waals surface area (Å²) in [5.74, 6) is 0.522. The molecule has 0 radical (unpaired) electrons. The fourth-order valence-corrected chi connectivity index (χ4v) is 5.09. The van der Waals surface area contributed by atoms with Gasteiger partial charge < -0.3 is 9.47 Å².